The Balaban J connectivity index is 1.47. The molecule has 1 amide bonds. The molecule has 1 aromatic rings. The molecule has 2 fully saturated rings. The first-order valence-corrected chi connectivity index (χ1v) is 9.12. The predicted molar refractivity (Wildman–Crippen MR) is 92.4 cm³/mol. The van der Waals surface area contributed by atoms with Crippen LogP contribution in [0.4, 0.5) is 0 Å². The van der Waals surface area contributed by atoms with E-state index >= 15 is 0 Å². The summed E-state index contributed by atoms with van der Waals surface area (Å²) in [5.41, 5.74) is 2.69. The van der Waals surface area contributed by atoms with E-state index in [1.54, 1.807) is 0 Å². The van der Waals surface area contributed by atoms with E-state index in [9.17, 15) is 4.79 Å². The molecule has 0 aromatic heterocycles. The van der Waals surface area contributed by atoms with Crippen molar-refractivity contribution in [1.29, 1.82) is 0 Å². The normalized spacial score (nSPS) is 24.7. The topological polar surface area (TPSA) is 29.5 Å². The highest BCUT2D eigenvalue weighted by Crippen LogP contribution is 2.49. The van der Waals surface area contributed by atoms with Crippen molar-refractivity contribution in [3.05, 3.63) is 35.4 Å². The Bertz CT molecular complexity index is 534. The van der Waals surface area contributed by atoms with Crippen LogP contribution in [0.2, 0.25) is 0 Å². The second-order valence-corrected chi connectivity index (χ2v) is 7.06. The van der Waals surface area contributed by atoms with Crippen molar-refractivity contribution >= 4 is 5.91 Å². The zero-order chi connectivity index (χ0) is 16.2. The largest absolute Gasteiger partial charge is 0.382 e. The van der Waals surface area contributed by atoms with E-state index in [0.29, 0.717) is 11.8 Å². The van der Waals surface area contributed by atoms with Gasteiger partial charge in [0, 0.05) is 32.2 Å². The summed E-state index contributed by atoms with van der Waals surface area (Å²) < 4.78 is 5.45. The van der Waals surface area contributed by atoms with Gasteiger partial charge < -0.3 is 9.64 Å². The third-order valence-corrected chi connectivity index (χ3v) is 5.50. The number of rotatable bonds is 6. The SMILES string of the molecule is CCOCCC1CCN(C(=O)[C@H]2C[C@H]2c2ccccc2C)CC1. The van der Waals surface area contributed by atoms with Crippen molar-refractivity contribution in [2.24, 2.45) is 11.8 Å². The van der Waals surface area contributed by atoms with Gasteiger partial charge in [0.15, 0.2) is 0 Å². The van der Waals surface area contributed by atoms with E-state index < -0.39 is 0 Å². The maximum atomic E-state index is 12.7. The van der Waals surface area contributed by atoms with Gasteiger partial charge in [0.05, 0.1) is 0 Å². The molecule has 1 aromatic carbocycles. The van der Waals surface area contributed by atoms with Crippen molar-refractivity contribution < 1.29 is 9.53 Å². The van der Waals surface area contributed by atoms with Crippen LogP contribution in [-0.2, 0) is 9.53 Å². The van der Waals surface area contributed by atoms with Crippen molar-refractivity contribution in [1.82, 2.24) is 4.90 Å². The lowest BCUT2D eigenvalue weighted by molar-refractivity contribution is -0.134. The van der Waals surface area contributed by atoms with Crippen molar-refractivity contribution in [3.63, 3.8) is 0 Å². The molecule has 1 aliphatic carbocycles. The standard InChI is InChI=1S/C20H29NO2/c1-3-23-13-10-16-8-11-21(12-9-16)20(22)19-14-18(19)17-7-5-4-6-15(17)2/h4-7,16,18-19H,3,8-14H2,1-2H3/t18-,19-/m0/s1. The fourth-order valence-corrected chi connectivity index (χ4v) is 3.89. The Kier molecular flexibility index (Phi) is 5.37. The van der Waals surface area contributed by atoms with Crippen LogP contribution in [0.15, 0.2) is 24.3 Å². The first-order valence-electron chi connectivity index (χ1n) is 9.12. The number of amides is 1. The van der Waals surface area contributed by atoms with Gasteiger partial charge in [-0.15, -0.1) is 0 Å². The van der Waals surface area contributed by atoms with E-state index in [4.69, 9.17) is 4.74 Å². The van der Waals surface area contributed by atoms with Gasteiger partial charge in [-0.1, -0.05) is 24.3 Å². The summed E-state index contributed by atoms with van der Waals surface area (Å²) in [5.74, 6) is 1.81. The zero-order valence-corrected chi connectivity index (χ0v) is 14.5. The average molecular weight is 315 g/mol. The number of piperidine rings is 1. The van der Waals surface area contributed by atoms with Crippen LogP contribution < -0.4 is 0 Å². The summed E-state index contributed by atoms with van der Waals surface area (Å²) in [6, 6.07) is 8.50. The fourth-order valence-electron chi connectivity index (χ4n) is 3.89. The highest BCUT2D eigenvalue weighted by Gasteiger charge is 2.46. The first kappa shape index (κ1) is 16.5. The second-order valence-electron chi connectivity index (χ2n) is 7.06. The molecule has 126 valence electrons. The molecule has 1 aliphatic heterocycles. The van der Waals surface area contributed by atoms with E-state index in [1.165, 1.54) is 11.1 Å². The van der Waals surface area contributed by atoms with Gasteiger partial charge in [-0.2, -0.15) is 0 Å². The molecule has 0 spiro atoms. The van der Waals surface area contributed by atoms with Gasteiger partial charge in [-0.05, 0) is 62.5 Å². The molecule has 1 heterocycles. The third kappa shape index (κ3) is 3.95. The van der Waals surface area contributed by atoms with Crippen LogP contribution >= 0.6 is 0 Å². The lowest BCUT2D eigenvalue weighted by atomic mass is 9.93. The Morgan fingerprint density at radius 2 is 2.00 bits per heavy atom. The van der Waals surface area contributed by atoms with Crippen LogP contribution in [-0.4, -0.2) is 37.1 Å². The molecular weight excluding hydrogens is 286 g/mol. The van der Waals surface area contributed by atoms with E-state index in [0.717, 1.165) is 57.9 Å². The van der Waals surface area contributed by atoms with Crippen LogP contribution in [0, 0.1) is 18.8 Å². The Labute approximate surface area is 140 Å². The molecule has 3 heteroatoms. The van der Waals surface area contributed by atoms with Crippen molar-refractivity contribution in [3.8, 4) is 0 Å². The minimum absolute atomic E-state index is 0.232. The summed E-state index contributed by atoms with van der Waals surface area (Å²) in [7, 11) is 0. The van der Waals surface area contributed by atoms with Gasteiger partial charge in [0.2, 0.25) is 5.91 Å². The predicted octanol–water partition coefficient (Wildman–Crippen LogP) is 3.76. The minimum atomic E-state index is 0.232. The molecule has 2 atom stereocenters. The Hall–Kier alpha value is -1.35. The number of hydrogen-bond acceptors (Lipinski definition) is 2. The van der Waals surface area contributed by atoms with E-state index in [-0.39, 0.29) is 5.92 Å². The van der Waals surface area contributed by atoms with Gasteiger partial charge in [-0.25, -0.2) is 0 Å². The first-order chi connectivity index (χ1) is 11.2. The van der Waals surface area contributed by atoms with E-state index in [2.05, 4.69) is 36.1 Å². The average Bonchev–Trinajstić information content (AvgIpc) is 3.36. The van der Waals surface area contributed by atoms with Gasteiger partial charge in [0.25, 0.3) is 0 Å². The molecule has 0 bridgehead atoms. The lowest BCUT2D eigenvalue weighted by Crippen LogP contribution is -2.39. The van der Waals surface area contributed by atoms with Crippen molar-refractivity contribution in [2.75, 3.05) is 26.3 Å². The fraction of sp³-hybridized carbons (Fsp3) is 0.650. The highest BCUT2D eigenvalue weighted by molar-refractivity contribution is 5.83. The smallest absolute Gasteiger partial charge is 0.226 e. The number of benzene rings is 1. The zero-order valence-electron chi connectivity index (χ0n) is 14.5. The number of likely N-dealkylation sites (tertiary alicyclic amines) is 1. The summed E-state index contributed by atoms with van der Waals surface area (Å²) in [4.78, 5) is 14.8. The molecule has 3 rings (SSSR count). The summed E-state index contributed by atoms with van der Waals surface area (Å²) in [6.07, 6.45) is 4.46. The van der Waals surface area contributed by atoms with E-state index in [1.807, 2.05) is 6.92 Å². The molecule has 23 heavy (non-hydrogen) atoms. The summed E-state index contributed by atoms with van der Waals surface area (Å²) >= 11 is 0. The summed E-state index contributed by atoms with van der Waals surface area (Å²) in [6.45, 7) is 7.74. The Morgan fingerprint density at radius 3 is 2.70 bits per heavy atom. The molecule has 1 saturated carbocycles. The highest BCUT2D eigenvalue weighted by atomic mass is 16.5. The molecule has 0 radical (unpaired) electrons. The van der Waals surface area contributed by atoms with Crippen molar-refractivity contribution in [2.45, 2.75) is 45.4 Å². The number of nitrogens with zero attached hydrogens (tertiary/aromatic N) is 1. The summed E-state index contributed by atoms with van der Waals surface area (Å²) in [5, 5.41) is 0. The third-order valence-electron chi connectivity index (χ3n) is 5.50. The Morgan fingerprint density at radius 1 is 1.26 bits per heavy atom. The van der Waals surface area contributed by atoms with Crippen LogP contribution in [0.3, 0.4) is 0 Å². The molecule has 0 unspecified atom stereocenters. The molecule has 2 aliphatic rings. The number of ether oxygens (including phenoxy) is 1. The molecular formula is C20H29NO2. The number of hydrogen-bond donors (Lipinski definition) is 0. The number of carbonyl (C=O) groups excluding carboxylic acids is 1. The maximum absolute atomic E-state index is 12.7. The monoisotopic (exact) mass is 315 g/mol. The maximum Gasteiger partial charge on any atom is 0.226 e. The van der Waals surface area contributed by atoms with Gasteiger partial charge >= 0.3 is 0 Å². The minimum Gasteiger partial charge on any atom is -0.382 e. The van der Waals surface area contributed by atoms with Gasteiger partial charge in [0.1, 0.15) is 0 Å². The second kappa shape index (κ2) is 7.48. The number of carbonyl (C=O) groups is 1. The van der Waals surface area contributed by atoms with Crippen LogP contribution in [0.25, 0.3) is 0 Å². The quantitative estimate of drug-likeness (QED) is 0.748. The van der Waals surface area contributed by atoms with Crippen LogP contribution in [0.1, 0.15) is 49.7 Å². The molecule has 1 saturated heterocycles. The van der Waals surface area contributed by atoms with Crippen LogP contribution in [0.5, 0.6) is 0 Å². The molecule has 0 N–H and O–H groups in total. The van der Waals surface area contributed by atoms with Gasteiger partial charge in [-0.3, -0.25) is 4.79 Å². The molecule has 3 nitrogen and oxygen atoms in total. The lowest BCUT2D eigenvalue weighted by Gasteiger charge is -2.32. The number of aryl methyl sites for hydroxylation is 1.